The number of hydrogen-bond donors (Lipinski definition) is 6. The highest BCUT2D eigenvalue weighted by atomic mass is 19.1. The van der Waals surface area contributed by atoms with Gasteiger partial charge in [-0.1, -0.05) is 0 Å². The third kappa shape index (κ3) is 4.28. The zero-order chi connectivity index (χ0) is 22.2. The molecule has 12 nitrogen and oxygen atoms in total. The Labute approximate surface area is 186 Å². The maximum atomic E-state index is 13.7. The summed E-state index contributed by atoms with van der Waals surface area (Å²) >= 11 is 0. The van der Waals surface area contributed by atoms with Crippen molar-refractivity contribution in [3.8, 4) is 0 Å². The molecule has 0 saturated carbocycles. The molecule has 0 bridgehead atoms. The first-order valence-corrected chi connectivity index (χ1v) is 11.4. The smallest absolute Gasteiger partial charge is 0.259 e. The van der Waals surface area contributed by atoms with Crippen LogP contribution in [-0.2, 0) is 11.3 Å². The van der Waals surface area contributed by atoms with E-state index in [1.807, 2.05) is 6.92 Å². The third-order valence-corrected chi connectivity index (χ3v) is 6.72. The van der Waals surface area contributed by atoms with E-state index in [1.54, 1.807) is 0 Å². The molecule has 0 aromatic carbocycles. The van der Waals surface area contributed by atoms with Crippen LogP contribution in [0.25, 0.3) is 0 Å². The van der Waals surface area contributed by atoms with Gasteiger partial charge in [0.15, 0.2) is 12.2 Å². The van der Waals surface area contributed by atoms with Gasteiger partial charge in [0.1, 0.15) is 23.8 Å². The number of nitrogens with zero attached hydrogens (tertiary/aromatic N) is 4. The minimum absolute atomic E-state index is 0.00524. The summed E-state index contributed by atoms with van der Waals surface area (Å²) in [6, 6.07) is 0.172. The van der Waals surface area contributed by atoms with Crippen molar-refractivity contribution in [1.29, 1.82) is 0 Å². The number of ether oxygens (including phenoxy) is 1. The number of aromatic nitrogens is 2. The molecule has 5 unspecified atom stereocenters. The molecule has 32 heavy (non-hydrogen) atoms. The number of carbonyl (C=O) groups excluding carboxylic acids is 1. The van der Waals surface area contributed by atoms with Crippen LogP contribution >= 0.6 is 0 Å². The van der Waals surface area contributed by atoms with Gasteiger partial charge in [0.05, 0.1) is 12.6 Å². The highest BCUT2D eigenvalue weighted by molar-refractivity contribution is 6.03. The predicted molar refractivity (Wildman–Crippen MR) is 116 cm³/mol. The summed E-state index contributed by atoms with van der Waals surface area (Å²) in [7, 11) is 0. The van der Waals surface area contributed by atoms with E-state index < -0.39 is 6.17 Å². The van der Waals surface area contributed by atoms with E-state index in [2.05, 4.69) is 41.7 Å². The number of alkyl halides is 1. The normalized spacial score (nSPS) is 34.1. The van der Waals surface area contributed by atoms with Crippen LogP contribution in [-0.4, -0.2) is 102 Å². The second-order valence-electron chi connectivity index (χ2n) is 8.90. The number of anilines is 2. The fourth-order valence-electron chi connectivity index (χ4n) is 5.08. The molecule has 1 amide bonds. The van der Waals surface area contributed by atoms with Crippen LogP contribution in [0.1, 0.15) is 23.7 Å². The number of nitrogen functional groups attached to an aromatic ring is 1. The first-order chi connectivity index (χ1) is 15.5. The molecule has 178 valence electrons. The van der Waals surface area contributed by atoms with E-state index in [0.717, 1.165) is 39.1 Å². The lowest BCUT2D eigenvalue weighted by molar-refractivity contribution is -0.0802. The van der Waals surface area contributed by atoms with Crippen molar-refractivity contribution in [2.45, 2.75) is 50.7 Å². The Morgan fingerprint density at radius 2 is 2.00 bits per heavy atom. The lowest BCUT2D eigenvalue weighted by Gasteiger charge is -2.45. The van der Waals surface area contributed by atoms with Crippen LogP contribution < -0.4 is 32.5 Å². The molecule has 0 spiro atoms. The number of hydrazine groups is 1. The average molecular weight is 453 g/mol. The van der Waals surface area contributed by atoms with Crippen molar-refractivity contribution >= 4 is 17.5 Å². The molecule has 0 aliphatic carbocycles. The van der Waals surface area contributed by atoms with Gasteiger partial charge < -0.3 is 26.4 Å². The lowest BCUT2D eigenvalue weighted by atomic mass is 9.97. The van der Waals surface area contributed by atoms with Crippen molar-refractivity contribution in [3.05, 3.63) is 5.56 Å². The zero-order valence-electron chi connectivity index (χ0n) is 18.3. The van der Waals surface area contributed by atoms with E-state index in [4.69, 9.17) is 10.5 Å². The molecule has 1 aromatic rings. The SMILES string of the molecule is CC1NNC(N2CCN(C3CCNCC3NC(=O)c3c(N)nn4c3NCC(F)C4)CC2)O1. The zero-order valence-corrected chi connectivity index (χ0v) is 18.3. The standard InChI is InChI=1S/C19H33FN10O2/c1-11-25-26-19(32-11)29-6-4-28(5-7-29)14-2-3-22-9-13(14)24-18(31)15-16(21)27-30-10-12(20)8-23-17(15)30/h11-14,19,22-23,25-26H,2-10H2,1H3,(H2,21,27)(H,24,31). The lowest BCUT2D eigenvalue weighted by Crippen LogP contribution is -2.64. The maximum absolute atomic E-state index is 13.7. The Bertz CT molecular complexity index is 829. The molecule has 1 aromatic heterocycles. The van der Waals surface area contributed by atoms with Crippen LogP contribution in [0.2, 0.25) is 0 Å². The van der Waals surface area contributed by atoms with E-state index in [9.17, 15) is 9.18 Å². The molecule has 7 N–H and O–H groups in total. The Kier molecular flexibility index (Phi) is 6.18. The fraction of sp³-hybridized carbons (Fsp3) is 0.789. The Morgan fingerprint density at radius 1 is 1.22 bits per heavy atom. The van der Waals surface area contributed by atoms with Gasteiger partial charge >= 0.3 is 0 Å². The molecule has 5 heterocycles. The second kappa shape index (κ2) is 9.08. The number of amides is 1. The molecule has 5 atom stereocenters. The molecule has 0 radical (unpaired) electrons. The summed E-state index contributed by atoms with van der Waals surface area (Å²) in [6.45, 7) is 7.40. The second-order valence-corrected chi connectivity index (χ2v) is 8.90. The van der Waals surface area contributed by atoms with Gasteiger partial charge in [-0.3, -0.25) is 14.6 Å². The topological polar surface area (TPSA) is 137 Å². The number of rotatable bonds is 4. The molecule has 4 aliphatic rings. The number of piperazine rings is 1. The van der Waals surface area contributed by atoms with Gasteiger partial charge in [-0.25, -0.2) is 19.9 Å². The minimum atomic E-state index is -1.05. The van der Waals surface area contributed by atoms with Crippen LogP contribution in [0.3, 0.4) is 0 Å². The highest BCUT2D eigenvalue weighted by Gasteiger charge is 2.37. The van der Waals surface area contributed by atoms with Gasteiger partial charge in [0.2, 0.25) is 0 Å². The summed E-state index contributed by atoms with van der Waals surface area (Å²) in [5, 5.41) is 13.7. The Balaban J connectivity index is 1.23. The van der Waals surface area contributed by atoms with Gasteiger partial charge in [-0.05, 0) is 19.9 Å². The largest absolute Gasteiger partial charge is 0.381 e. The molecule has 5 rings (SSSR count). The van der Waals surface area contributed by atoms with Crippen LogP contribution in [0.15, 0.2) is 0 Å². The first kappa shape index (κ1) is 21.8. The summed E-state index contributed by atoms with van der Waals surface area (Å²) in [5.74, 6) is 0.351. The molecular weight excluding hydrogens is 419 g/mol. The summed E-state index contributed by atoms with van der Waals surface area (Å²) in [5.41, 5.74) is 12.6. The van der Waals surface area contributed by atoms with Crippen molar-refractivity contribution in [2.75, 3.05) is 56.9 Å². The minimum Gasteiger partial charge on any atom is -0.381 e. The summed E-state index contributed by atoms with van der Waals surface area (Å²) < 4.78 is 21.0. The summed E-state index contributed by atoms with van der Waals surface area (Å²) in [4.78, 5) is 17.9. The molecule has 3 saturated heterocycles. The van der Waals surface area contributed by atoms with Crippen molar-refractivity contribution in [2.24, 2.45) is 0 Å². The molecule has 3 fully saturated rings. The monoisotopic (exact) mass is 452 g/mol. The van der Waals surface area contributed by atoms with Gasteiger partial charge in [0, 0.05) is 45.3 Å². The van der Waals surface area contributed by atoms with Crippen LogP contribution in [0.4, 0.5) is 16.0 Å². The highest BCUT2D eigenvalue weighted by Crippen LogP contribution is 2.26. The predicted octanol–water partition coefficient (Wildman–Crippen LogP) is -1.94. The van der Waals surface area contributed by atoms with Crippen molar-refractivity contribution in [3.63, 3.8) is 0 Å². The van der Waals surface area contributed by atoms with Gasteiger partial charge in [-0.15, -0.1) is 0 Å². The van der Waals surface area contributed by atoms with E-state index in [-0.39, 0.29) is 49.5 Å². The van der Waals surface area contributed by atoms with Gasteiger partial charge in [0.25, 0.3) is 5.91 Å². The first-order valence-electron chi connectivity index (χ1n) is 11.4. The number of hydrogen-bond acceptors (Lipinski definition) is 10. The quantitative estimate of drug-likeness (QED) is 0.306. The van der Waals surface area contributed by atoms with Crippen LogP contribution in [0.5, 0.6) is 0 Å². The average Bonchev–Trinajstić information content (AvgIpc) is 3.36. The van der Waals surface area contributed by atoms with Crippen LogP contribution in [0, 0.1) is 0 Å². The van der Waals surface area contributed by atoms with Crippen molar-refractivity contribution < 1.29 is 13.9 Å². The molecule has 13 heteroatoms. The third-order valence-electron chi connectivity index (χ3n) is 6.72. The summed E-state index contributed by atoms with van der Waals surface area (Å²) in [6.07, 6.45) is -0.212. The number of piperidine rings is 1. The molecule has 4 aliphatic heterocycles. The fourth-order valence-corrected chi connectivity index (χ4v) is 5.08. The van der Waals surface area contributed by atoms with E-state index in [0.29, 0.717) is 17.9 Å². The number of nitrogens with two attached hydrogens (primary N) is 1. The Morgan fingerprint density at radius 3 is 2.75 bits per heavy atom. The number of halogens is 1. The van der Waals surface area contributed by atoms with Crippen molar-refractivity contribution in [1.82, 2.24) is 41.1 Å². The Hall–Kier alpha value is -2.03. The van der Waals surface area contributed by atoms with E-state index >= 15 is 0 Å². The molecular formula is C19H33FN10O2. The van der Waals surface area contributed by atoms with E-state index in [1.165, 1.54) is 4.68 Å². The number of fused-ring (bicyclic) bond motifs is 1. The van der Waals surface area contributed by atoms with Gasteiger partial charge in [-0.2, -0.15) is 5.10 Å². The number of carbonyl (C=O) groups is 1. The maximum Gasteiger partial charge on any atom is 0.259 e. The number of nitrogens with one attached hydrogen (secondary N) is 5.